The zero-order valence-electron chi connectivity index (χ0n) is 11.0. The lowest BCUT2D eigenvalue weighted by molar-refractivity contribution is 0.149. The van der Waals surface area contributed by atoms with Gasteiger partial charge in [-0.05, 0) is 17.8 Å². The van der Waals surface area contributed by atoms with Gasteiger partial charge in [-0.1, -0.05) is 73.1 Å². The second-order valence-corrected chi connectivity index (χ2v) is 4.96. The van der Waals surface area contributed by atoms with Crippen molar-refractivity contribution in [3.63, 3.8) is 0 Å². The highest BCUT2D eigenvalue weighted by atomic mass is 14.3. The highest BCUT2D eigenvalue weighted by molar-refractivity contribution is 4.79. The summed E-state index contributed by atoms with van der Waals surface area (Å²) < 4.78 is 0. The topological polar surface area (TPSA) is 0 Å². The lowest BCUT2D eigenvalue weighted by Gasteiger charge is -2.36. The zero-order valence-corrected chi connectivity index (χ0v) is 11.0. The van der Waals surface area contributed by atoms with E-state index in [2.05, 4.69) is 34.6 Å². The van der Waals surface area contributed by atoms with E-state index in [4.69, 9.17) is 0 Å². The molecule has 0 aliphatic carbocycles. The van der Waals surface area contributed by atoms with Crippen LogP contribution in [0.5, 0.6) is 0 Å². The fraction of sp³-hybridized carbons (Fsp3) is 1.00. The van der Waals surface area contributed by atoms with Crippen LogP contribution < -0.4 is 0 Å². The normalized spacial score (nSPS) is 14.4. The molecule has 0 saturated carbocycles. The molecule has 0 bridgehead atoms. The van der Waals surface area contributed by atoms with Crippen molar-refractivity contribution in [3.8, 4) is 0 Å². The molecule has 0 aliphatic rings. The molecule has 0 rings (SSSR count). The van der Waals surface area contributed by atoms with Crippen LogP contribution >= 0.6 is 0 Å². The van der Waals surface area contributed by atoms with Crippen LogP contribution in [-0.4, -0.2) is 0 Å². The predicted molar refractivity (Wildman–Crippen MR) is 66.6 cm³/mol. The number of hydrogen-bond acceptors (Lipinski definition) is 0. The molecule has 1 atom stereocenters. The third-order valence-electron chi connectivity index (χ3n) is 4.25. The summed E-state index contributed by atoms with van der Waals surface area (Å²) in [6.45, 7) is 11.8. The molecule has 0 amide bonds. The Hall–Kier alpha value is 0. The van der Waals surface area contributed by atoms with Crippen LogP contribution in [0.2, 0.25) is 0 Å². The molecule has 86 valence electrons. The number of unbranched alkanes of at least 4 members (excludes halogenated alkanes) is 2. The first-order valence-electron chi connectivity index (χ1n) is 6.64. The van der Waals surface area contributed by atoms with Gasteiger partial charge >= 0.3 is 0 Å². The Kier molecular flexibility index (Phi) is 7.31. The van der Waals surface area contributed by atoms with E-state index in [-0.39, 0.29) is 0 Å². The van der Waals surface area contributed by atoms with Gasteiger partial charge in [0, 0.05) is 0 Å². The van der Waals surface area contributed by atoms with Gasteiger partial charge in [0.25, 0.3) is 0 Å². The smallest absolute Gasteiger partial charge is 0.0303 e. The van der Waals surface area contributed by atoms with Gasteiger partial charge in [0.15, 0.2) is 0 Å². The van der Waals surface area contributed by atoms with Crippen molar-refractivity contribution in [2.45, 2.75) is 79.6 Å². The lowest BCUT2D eigenvalue weighted by Crippen LogP contribution is -2.25. The summed E-state index contributed by atoms with van der Waals surface area (Å²) in [6, 6.07) is 0. The summed E-state index contributed by atoms with van der Waals surface area (Å²) >= 11 is 0. The van der Waals surface area contributed by atoms with Crippen molar-refractivity contribution >= 4 is 0 Å². The van der Waals surface area contributed by atoms with Gasteiger partial charge in [0.05, 0.1) is 0 Å². The van der Waals surface area contributed by atoms with Crippen LogP contribution in [0.25, 0.3) is 0 Å². The van der Waals surface area contributed by atoms with E-state index in [1.165, 1.54) is 44.9 Å². The highest BCUT2D eigenvalue weighted by Gasteiger charge is 2.28. The average molecular weight is 198 g/mol. The first-order chi connectivity index (χ1) is 6.64. The summed E-state index contributed by atoms with van der Waals surface area (Å²) in [5.74, 6) is 0.948. The van der Waals surface area contributed by atoms with Gasteiger partial charge in [-0.15, -0.1) is 0 Å². The average Bonchev–Trinajstić information content (AvgIpc) is 2.23. The van der Waals surface area contributed by atoms with Crippen LogP contribution in [0.1, 0.15) is 79.6 Å². The minimum Gasteiger partial charge on any atom is -0.0654 e. The largest absolute Gasteiger partial charge is 0.0654 e. The van der Waals surface area contributed by atoms with E-state index in [9.17, 15) is 0 Å². The van der Waals surface area contributed by atoms with Gasteiger partial charge < -0.3 is 0 Å². The SMILES string of the molecule is CCCCCC(CC)C(C)(CC)CC. The van der Waals surface area contributed by atoms with Gasteiger partial charge in [-0.3, -0.25) is 0 Å². The Morgan fingerprint density at radius 2 is 1.50 bits per heavy atom. The molecule has 0 saturated heterocycles. The second kappa shape index (κ2) is 7.31. The summed E-state index contributed by atoms with van der Waals surface area (Å²) in [6.07, 6.45) is 9.70. The maximum absolute atomic E-state index is 2.48. The van der Waals surface area contributed by atoms with E-state index < -0.39 is 0 Å². The van der Waals surface area contributed by atoms with E-state index in [1.807, 2.05) is 0 Å². The first-order valence-corrected chi connectivity index (χ1v) is 6.64. The molecule has 0 aromatic carbocycles. The Morgan fingerprint density at radius 1 is 0.929 bits per heavy atom. The van der Waals surface area contributed by atoms with Crippen LogP contribution in [0, 0.1) is 11.3 Å². The Bertz CT molecular complexity index is 122. The molecule has 0 radical (unpaired) electrons. The third-order valence-corrected chi connectivity index (χ3v) is 4.25. The van der Waals surface area contributed by atoms with Gasteiger partial charge in [0.2, 0.25) is 0 Å². The minimum absolute atomic E-state index is 0.600. The highest BCUT2D eigenvalue weighted by Crippen LogP contribution is 2.39. The summed E-state index contributed by atoms with van der Waals surface area (Å²) in [5.41, 5.74) is 0.600. The number of rotatable bonds is 8. The summed E-state index contributed by atoms with van der Waals surface area (Å²) in [4.78, 5) is 0. The van der Waals surface area contributed by atoms with Crippen molar-refractivity contribution in [1.82, 2.24) is 0 Å². The van der Waals surface area contributed by atoms with Crippen LogP contribution in [0.15, 0.2) is 0 Å². The van der Waals surface area contributed by atoms with E-state index in [0.29, 0.717) is 5.41 Å². The fourth-order valence-electron chi connectivity index (χ4n) is 2.51. The minimum atomic E-state index is 0.600. The molecule has 0 heteroatoms. The second-order valence-electron chi connectivity index (χ2n) is 4.96. The van der Waals surface area contributed by atoms with E-state index in [1.54, 1.807) is 0 Å². The lowest BCUT2D eigenvalue weighted by atomic mass is 9.70. The fourth-order valence-corrected chi connectivity index (χ4v) is 2.51. The van der Waals surface area contributed by atoms with Crippen molar-refractivity contribution in [2.75, 3.05) is 0 Å². The van der Waals surface area contributed by atoms with Crippen molar-refractivity contribution < 1.29 is 0 Å². The molecule has 0 fully saturated rings. The standard InChI is InChI=1S/C14H30/c1-6-10-11-12-13(7-2)14(5,8-3)9-4/h13H,6-12H2,1-5H3. The van der Waals surface area contributed by atoms with Crippen LogP contribution in [0.3, 0.4) is 0 Å². The molecule has 0 heterocycles. The number of hydrogen-bond donors (Lipinski definition) is 0. The zero-order chi connectivity index (χ0) is 11.0. The monoisotopic (exact) mass is 198 g/mol. The van der Waals surface area contributed by atoms with Crippen molar-refractivity contribution in [3.05, 3.63) is 0 Å². The molecule has 0 spiro atoms. The first kappa shape index (κ1) is 14.0. The predicted octanol–water partition coefficient (Wildman–Crippen LogP) is 5.42. The molecule has 1 unspecified atom stereocenters. The molecular weight excluding hydrogens is 168 g/mol. The van der Waals surface area contributed by atoms with Crippen molar-refractivity contribution in [2.24, 2.45) is 11.3 Å². The molecule has 0 aliphatic heterocycles. The molecule has 0 nitrogen and oxygen atoms in total. The maximum Gasteiger partial charge on any atom is -0.0303 e. The van der Waals surface area contributed by atoms with Gasteiger partial charge in [0.1, 0.15) is 0 Å². The van der Waals surface area contributed by atoms with Gasteiger partial charge in [-0.25, -0.2) is 0 Å². The molecule has 0 aromatic heterocycles. The Morgan fingerprint density at radius 3 is 1.86 bits per heavy atom. The summed E-state index contributed by atoms with van der Waals surface area (Å²) in [7, 11) is 0. The van der Waals surface area contributed by atoms with E-state index >= 15 is 0 Å². The quantitative estimate of drug-likeness (QED) is 0.457. The van der Waals surface area contributed by atoms with Crippen LogP contribution in [0.4, 0.5) is 0 Å². The van der Waals surface area contributed by atoms with Gasteiger partial charge in [-0.2, -0.15) is 0 Å². The van der Waals surface area contributed by atoms with Crippen molar-refractivity contribution in [1.29, 1.82) is 0 Å². The molecule has 14 heavy (non-hydrogen) atoms. The Labute approximate surface area is 91.5 Å². The molecule has 0 N–H and O–H groups in total. The van der Waals surface area contributed by atoms with E-state index in [0.717, 1.165) is 5.92 Å². The maximum atomic E-state index is 2.48. The molecule has 0 aromatic rings. The molecular formula is C14H30. The summed E-state index contributed by atoms with van der Waals surface area (Å²) in [5, 5.41) is 0. The Balaban J connectivity index is 4.08. The third kappa shape index (κ3) is 4.02. The van der Waals surface area contributed by atoms with Crippen LogP contribution in [-0.2, 0) is 0 Å².